The Hall–Kier alpha value is -2.67. The first-order chi connectivity index (χ1) is 14.0. The number of ketones is 1. The largest absolute Gasteiger partial charge is 0.462 e. The summed E-state index contributed by atoms with van der Waals surface area (Å²) in [6.07, 6.45) is 7.38. The number of carbonyl (C=O) groups is 2. The zero-order valence-electron chi connectivity index (χ0n) is 16.3. The van der Waals surface area contributed by atoms with Crippen molar-refractivity contribution >= 4 is 29.2 Å². The quantitative estimate of drug-likeness (QED) is 0.202. The fourth-order valence-corrected chi connectivity index (χ4v) is 4.16. The Morgan fingerprint density at radius 3 is 2.45 bits per heavy atom. The van der Waals surface area contributed by atoms with Gasteiger partial charge in [0.15, 0.2) is 5.78 Å². The number of hydrogen-bond acceptors (Lipinski definition) is 6. The van der Waals surface area contributed by atoms with Crippen molar-refractivity contribution in [2.45, 2.75) is 37.0 Å². The highest BCUT2D eigenvalue weighted by atomic mass is 32.2. The molecule has 1 aliphatic rings. The molecule has 0 N–H and O–H groups in total. The molecule has 0 aromatic heterocycles. The maximum atomic E-state index is 13.0. The molecule has 0 saturated heterocycles. The zero-order valence-corrected chi connectivity index (χ0v) is 17.1. The van der Waals surface area contributed by atoms with Gasteiger partial charge in [0.25, 0.3) is 5.69 Å². The molecule has 0 heterocycles. The number of nitro groups is 1. The van der Waals surface area contributed by atoms with Crippen LogP contribution in [0.25, 0.3) is 0 Å². The van der Waals surface area contributed by atoms with Crippen LogP contribution in [0.15, 0.2) is 47.4 Å². The molecule has 0 spiro atoms. The topological polar surface area (TPSA) is 86.5 Å². The summed E-state index contributed by atoms with van der Waals surface area (Å²) >= 11 is 1.24. The lowest BCUT2D eigenvalue weighted by Crippen LogP contribution is -2.18. The lowest BCUT2D eigenvalue weighted by atomic mass is 9.90. The molecule has 0 bridgehead atoms. The summed E-state index contributed by atoms with van der Waals surface area (Å²) in [5.74, 6) is -0.599. The second-order valence-corrected chi connectivity index (χ2v) is 7.97. The Kier molecular flexibility index (Phi) is 7.04. The third-order valence-corrected chi connectivity index (χ3v) is 5.99. The van der Waals surface area contributed by atoms with Crippen molar-refractivity contribution in [2.24, 2.45) is 5.92 Å². The van der Waals surface area contributed by atoms with Gasteiger partial charge in [0.05, 0.1) is 22.0 Å². The summed E-state index contributed by atoms with van der Waals surface area (Å²) in [6.45, 7) is 0.356. The average molecular weight is 413 g/mol. The minimum Gasteiger partial charge on any atom is -0.462 e. The van der Waals surface area contributed by atoms with Gasteiger partial charge < -0.3 is 4.74 Å². The molecule has 3 rings (SSSR count). The van der Waals surface area contributed by atoms with E-state index < -0.39 is 16.7 Å². The zero-order chi connectivity index (χ0) is 20.8. The average Bonchev–Trinajstić information content (AvgIpc) is 2.77. The van der Waals surface area contributed by atoms with Crippen molar-refractivity contribution < 1.29 is 19.2 Å². The Balaban J connectivity index is 1.82. The van der Waals surface area contributed by atoms with Gasteiger partial charge in [0.2, 0.25) is 0 Å². The van der Waals surface area contributed by atoms with Gasteiger partial charge in [0, 0.05) is 17.2 Å². The smallest absolute Gasteiger partial charge is 0.338 e. The van der Waals surface area contributed by atoms with Crippen molar-refractivity contribution in [3.63, 3.8) is 0 Å². The fourth-order valence-electron chi connectivity index (χ4n) is 3.61. The maximum absolute atomic E-state index is 13.0. The second kappa shape index (κ2) is 9.69. The minimum absolute atomic E-state index is 0.124. The van der Waals surface area contributed by atoms with E-state index in [-0.39, 0.29) is 22.4 Å². The van der Waals surface area contributed by atoms with Gasteiger partial charge in [-0.1, -0.05) is 37.5 Å². The summed E-state index contributed by atoms with van der Waals surface area (Å²) in [6, 6.07) is 10.8. The van der Waals surface area contributed by atoms with Gasteiger partial charge in [-0.2, -0.15) is 0 Å². The third kappa shape index (κ3) is 5.03. The molecule has 1 aliphatic carbocycles. The predicted molar refractivity (Wildman–Crippen MR) is 112 cm³/mol. The number of ether oxygens (including phenoxy) is 1. The molecule has 2 aromatic carbocycles. The summed E-state index contributed by atoms with van der Waals surface area (Å²) in [4.78, 5) is 36.9. The van der Waals surface area contributed by atoms with Crippen LogP contribution in [-0.2, 0) is 4.74 Å². The van der Waals surface area contributed by atoms with E-state index in [9.17, 15) is 19.7 Å². The van der Waals surface area contributed by atoms with E-state index in [1.807, 2.05) is 0 Å². The van der Waals surface area contributed by atoms with Crippen LogP contribution in [0.4, 0.5) is 5.69 Å². The van der Waals surface area contributed by atoms with E-state index >= 15 is 0 Å². The molecule has 29 heavy (non-hydrogen) atoms. The third-order valence-electron chi connectivity index (χ3n) is 5.20. The summed E-state index contributed by atoms with van der Waals surface area (Å²) in [7, 11) is 0. The number of benzene rings is 2. The molecular formula is C22H23NO5S. The molecule has 0 unspecified atom stereocenters. The van der Waals surface area contributed by atoms with Crippen molar-refractivity contribution in [1.29, 1.82) is 0 Å². The van der Waals surface area contributed by atoms with Gasteiger partial charge in [0.1, 0.15) is 0 Å². The molecular weight excluding hydrogens is 390 g/mol. The monoisotopic (exact) mass is 413 g/mol. The van der Waals surface area contributed by atoms with Gasteiger partial charge in [-0.05, 0) is 43.2 Å². The Labute approximate surface area is 173 Å². The van der Waals surface area contributed by atoms with Crippen molar-refractivity contribution in [3.05, 3.63) is 69.3 Å². The number of nitro benzene ring substituents is 1. The number of rotatable bonds is 7. The molecule has 7 heteroatoms. The standard InChI is InChI=1S/C22H23NO5S/c1-29-20-12-11-16(13-19(20)23(26)27)21(24)17-9-5-6-10-18(17)22(25)28-14-15-7-3-2-4-8-15/h5-6,9-13,15H,2-4,7-8,14H2,1H3. The molecule has 1 saturated carbocycles. The number of carbonyl (C=O) groups excluding carboxylic acids is 2. The highest BCUT2D eigenvalue weighted by Crippen LogP contribution is 2.30. The number of esters is 1. The molecule has 6 nitrogen and oxygen atoms in total. The molecule has 2 aromatic rings. The molecule has 0 radical (unpaired) electrons. The first-order valence-corrected chi connectivity index (χ1v) is 10.9. The first kappa shape index (κ1) is 21.0. The summed E-state index contributed by atoms with van der Waals surface area (Å²) in [5, 5.41) is 11.3. The predicted octanol–water partition coefficient (Wildman–Crippen LogP) is 5.28. The van der Waals surface area contributed by atoms with Crippen LogP contribution in [0.3, 0.4) is 0 Å². The molecule has 152 valence electrons. The van der Waals surface area contributed by atoms with Crippen LogP contribution in [0.5, 0.6) is 0 Å². The Bertz CT molecular complexity index is 921. The minimum atomic E-state index is -0.533. The SMILES string of the molecule is CSc1ccc(C(=O)c2ccccc2C(=O)OCC2CCCCC2)cc1[N+](=O)[O-]. The second-order valence-electron chi connectivity index (χ2n) is 7.12. The lowest BCUT2D eigenvalue weighted by Gasteiger charge is -2.21. The van der Waals surface area contributed by atoms with E-state index in [1.54, 1.807) is 42.7 Å². The van der Waals surface area contributed by atoms with E-state index in [4.69, 9.17) is 4.74 Å². The Morgan fingerprint density at radius 2 is 1.79 bits per heavy atom. The molecule has 1 fully saturated rings. The van der Waals surface area contributed by atoms with Crippen LogP contribution in [0.1, 0.15) is 58.4 Å². The van der Waals surface area contributed by atoms with Gasteiger partial charge in [-0.25, -0.2) is 4.79 Å². The Morgan fingerprint density at radius 1 is 1.10 bits per heavy atom. The van der Waals surface area contributed by atoms with Crippen LogP contribution in [0, 0.1) is 16.0 Å². The fraction of sp³-hybridized carbons (Fsp3) is 0.364. The van der Waals surface area contributed by atoms with Gasteiger partial charge >= 0.3 is 5.97 Å². The summed E-state index contributed by atoms with van der Waals surface area (Å²) < 4.78 is 5.49. The van der Waals surface area contributed by atoms with Crippen molar-refractivity contribution in [3.8, 4) is 0 Å². The molecule has 0 atom stereocenters. The van der Waals surface area contributed by atoms with Gasteiger partial charge in [-0.15, -0.1) is 11.8 Å². The number of hydrogen-bond donors (Lipinski definition) is 0. The van der Waals surface area contributed by atoms with Crippen molar-refractivity contribution in [1.82, 2.24) is 0 Å². The van der Waals surface area contributed by atoms with Crippen LogP contribution in [0.2, 0.25) is 0 Å². The lowest BCUT2D eigenvalue weighted by molar-refractivity contribution is -0.387. The van der Waals surface area contributed by atoms with Gasteiger partial charge in [-0.3, -0.25) is 14.9 Å². The molecule has 0 aliphatic heterocycles. The van der Waals surface area contributed by atoms with E-state index in [0.29, 0.717) is 17.4 Å². The highest BCUT2D eigenvalue weighted by Gasteiger charge is 2.23. The first-order valence-electron chi connectivity index (χ1n) is 9.64. The summed E-state index contributed by atoms with van der Waals surface area (Å²) in [5.41, 5.74) is 0.417. The number of thioether (sulfide) groups is 1. The van der Waals surface area contributed by atoms with Crippen molar-refractivity contribution in [2.75, 3.05) is 12.9 Å². The van der Waals surface area contributed by atoms with E-state index in [2.05, 4.69) is 0 Å². The van der Waals surface area contributed by atoms with E-state index in [1.165, 1.54) is 24.2 Å². The molecule has 0 amide bonds. The van der Waals surface area contributed by atoms with Crippen LogP contribution in [-0.4, -0.2) is 29.5 Å². The van der Waals surface area contributed by atoms with Crippen LogP contribution < -0.4 is 0 Å². The highest BCUT2D eigenvalue weighted by molar-refractivity contribution is 7.98. The maximum Gasteiger partial charge on any atom is 0.338 e. The normalized spacial score (nSPS) is 14.4. The van der Waals surface area contributed by atoms with Crippen LogP contribution >= 0.6 is 11.8 Å². The number of nitrogens with zero attached hydrogens (tertiary/aromatic N) is 1. The van der Waals surface area contributed by atoms with E-state index in [0.717, 1.165) is 25.7 Å².